The summed E-state index contributed by atoms with van der Waals surface area (Å²) in [4.78, 5) is 31.1. The zero-order valence-corrected chi connectivity index (χ0v) is 23.3. The number of hydrogen-bond donors (Lipinski definition) is 2. The summed E-state index contributed by atoms with van der Waals surface area (Å²) in [6, 6.07) is 13.9. The normalized spacial score (nSPS) is 23.2. The average Bonchev–Trinajstić information content (AvgIpc) is 2.94. The molecule has 1 atom stereocenters. The van der Waals surface area contributed by atoms with E-state index < -0.39 is 5.41 Å². The van der Waals surface area contributed by atoms with Gasteiger partial charge in [0.1, 0.15) is 5.82 Å². The van der Waals surface area contributed by atoms with Gasteiger partial charge in [0.05, 0.1) is 16.9 Å². The molecule has 4 rings (SSSR count). The van der Waals surface area contributed by atoms with Crippen LogP contribution in [-0.4, -0.2) is 23.6 Å². The second-order valence-electron chi connectivity index (χ2n) is 11.6. The van der Waals surface area contributed by atoms with Crippen molar-refractivity contribution in [3.8, 4) is 0 Å². The molecule has 0 saturated heterocycles. The van der Waals surface area contributed by atoms with E-state index in [4.69, 9.17) is 5.73 Å². The van der Waals surface area contributed by atoms with Crippen LogP contribution in [0.15, 0.2) is 60.1 Å². The number of nitrogens with zero attached hydrogens (tertiary/aromatic N) is 1. The number of halogens is 1. The van der Waals surface area contributed by atoms with Gasteiger partial charge in [-0.3, -0.25) is 9.59 Å². The Labute approximate surface area is 232 Å². The molecule has 2 aliphatic carbocycles. The SMILES string of the molecule is C=C(N=C(C)N)c1ccc(C(=O)CC2CCC(C(=O)NC(C)C3CCCCC3)(c3ccc(F)cc3)CC2)cc1. The molecule has 208 valence electrons. The molecule has 0 spiro atoms. The quantitative estimate of drug-likeness (QED) is 0.208. The van der Waals surface area contributed by atoms with E-state index in [-0.39, 0.29) is 29.5 Å². The standard InChI is InChI=1S/C33H42FN3O2/c1-22(36-24(3)35)27-9-11-28(12-10-27)31(38)21-25-17-19-33(20-18-25,29-13-15-30(34)16-14-29)32(39)37-23(2)26-7-5-4-6-8-26/h9-16,23,25-26H,1,4-8,17-21H2,2-3H3,(H2,35,36)(H,37,39). The molecule has 5 nitrogen and oxygen atoms in total. The van der Waals surface area contributed by atoms with Crippen LogP contribution in [0.3, 0.4) is 0 Å². The maximum Gasteiger partial charge on any atom is 0.230 e. The van der Waals surface area contributed by atoms with Gasteiger partial charge in [-0.05, 0) is 87.5 Å². The van der Waals surface area contributed by atoms with Crippen LogP contribution in [0.1, 0.15) is 99.5 Å². The van der Waals surface area contributed by atoms with E-state index in [2.05, 4.69) is 23.8 Å². The summed E-state index contributed by atoms with van der Waals surface area (Å²) in [6.07, 6.45) is 9.32. The third-order valence-electron chi connectivity index (χ3n) is 8.83. The summed E-state index contributed by atoms with van der Waals surface area (Å²) in [6.45, 7) is 7.76. The fraction of sp³-hybridized carbons (Fsp3) is 0.485. The zero-order chi connectivity index (χ0) is 28.0. The van der Waals surface area contributed by atoms with Crippen LogP contribution in [0.4, 0.5) is 4.39 Å². The lowest BCUT2D eigenvalue weighted by Gasteiger charge is -2.41. The molecule has 2 saturated carbocycles. The average molecular weight is 532 g/mol. The van der Waals surface area contributed by atoms with E-state index in [1.165, 1.54) is 31.4 Å². The summed E-state index contributed by atoms with van der Waals surface area (Å²) in [5.41, 5.74) is 7.87. The monoisotopic (exact) mass is 531 g/mol. The smallest absolute Gasteiger partial charge is 0.230 e. The number of nitrogens with one attached hydrogen (secondary N) is 1. The topological polar surface area (TPSA) is 84.5 Å². The summed E-state index contributed by atoms with van der Waals surface area (Å²) < 4.78 is 13.8. The van der Waals surface area contributed by atoms with Gasteiger partial charge in [0.25, 0.3) is 0 Å². The number of carbonyl (C=O) groups is 2. The van der Waals surface area contributed by atoms with Crippen LogP contribution < -0.4 is 11.1 Å². The molecule has 2 aromatic carbocycles. The molecule has 6 heteroatoms. The highest BCUT2D eigenvalue weighted by molar-refractivity contribution is 5.96. The maximum absolute atomic E-state index is 13.9. The van der Waals surface area contributed by atoms with Crippen LogP contribution in [0.5, 0.6) is 0 Å². The Hall–Kier alpha value is -3.28. The van der Waals surface area contributed by atoms with Gasteiger partial charge < -0.3 is 11.1 Å². The maximum atomic E-state index is 13.9. The lowest BCUT2D eigenvalue weighted by atomic mass is 9.65. The number of aliphatic imine (C=N–C) groups is 1. The van der Waals surface area contributed by atoms with Gasteiger partial charge in [-0.1, -0.05) is 62.2 Å². The summed E-state index contributed by atoms with van der Waals surface area (Å²) >= 11 is 0. The number of hydrogen-bond acceptors (Lipinski definition) is 3. The van der Waals surface area contributed by atoms with E-state index in [0.717, 1.165) is 36.8 Å². The first kappa shape index (κ1) is 28.7. The molecule has 0 bridgehead atoms. The third kappa shape index (κ3) is 7.03. The summed E-state index contributed by atoms with van der Waals surface area (Å²) in [7, 11) is 0. The highest BCUT2D eigenvalue weighted by atomic mass is 19.1. The molecule has 1 unspecified atom stereocenters. The number of carbonyl (C=O) groups excluding carboxylic acids is 2. The molecular formula is C33H42FN3O2. The number of rotatable bonds is 9. The molecule has 0 radical (unpaired) electrons. The minimum atomic E-state index is -0.695. The van der Waals surface area contributed by atoms with E-state index in [1.54, 1.807) is 19.1 Å². The Morgan fingerprint density at radius 3 is 2.18 bits per heavy atom. The highest BCUT2D eigenvalue weighted by Gasteiger charge is 2.44. The van der Waals surface area contributed by atoms with Crippen molar-refractivity contribution in [2.24, 2.45) is 22.6 Å². The lowest BCUT2D eigenvalue weighted by molar-refractivity contribution is -0.129. The van der Waals surface area contributed by atoms with Gasteiger partial charge in [0.2, 0.25) is 5.91 Å². The second-order valence-corrected chi connectivity index (χ2v) is 11.6. The van der Waals surface area contributed by atoms with Crippen molar-refractivity contribution in [1.29, 1.82) is 0 Å². The number of amidine groups is 1. The van der Waals surface area contributed by atoms with Gasteiger partial charge in [-0.25, -0.2) is 9.38 Å². The van der Waals surface area contributed by atoms with Crippen LogP contribution in [0.2, 0.25) is 0 Å². The van der Waals surface area contributed by atoms with Crippen molar-refractivity contribution in [1.82, 2.24) is 5.32 Å². The highest BCUT2D eigenvalue weighted by Crippen LogP contribution is 2.43. The zero-order valence-electron chi connectivity index (χ0n) is 23.3. The molecule has 2 aromatic rings. The van der Waals surface area contributed by atoms with Crippen LogP contribution in [0.25, 0.3) is 5.70 Å². The number of nitrogens with two attached hydrogens (primary N) is 1. The van der Waals surface area contributed by atoms with Crippen LogP contribution >= 0.6 is 0 Å². The van der Waals surface area contributed by atoms with Crippen molar-refractivity contribution < 1.29 is 14.0 Å². The molecule has 3 N–H and O–H groups in total. The van der Waals surface area contributed by atoms with E-state index in [0.29, 0.717) is 42.3 Å². The van der Waals surface area contributed by atoms with E-state index in [9.17, 15) is 14.0 Å². The van der Waals surface area contributed by atoms with Gasteiger partial charge >= 0.3 is 0 Å². The largest absolute Gasteiger partial charge is 0.387 e. The lowest BCUT2D eigenvalue weighted by Crippen LogP contribution is -2.51. The summed E-state index contributed by atoms with van der Waals surface area (Å²) in [5, 5.41) is 3.36. The van der Waals surface area contributed by atoms with Gasteiger partial charge in [0.15, 0.2) is 5.78 Å². The minimum Gasteiger partial charge on any atom is -0.387 e. The van der Waals surface area contributed by atoms with Gasteiger partial charge in [-0.15, -0.1) is 0 Å². The van der Waals surface area contributed by atoms with E-state index >= 15 is 0 Å². The second kappa shape index (κ2) is 12.7. The number of amides is 1. The number of benzene rings is 2. The predicted molar refractivity (Wildman–Crippen MR) is 156 cm³/mol. The van der Waals surface area contributed by atoms with Crippen LogP contribution in [0, 0.1) is 17.7 Å². The molecule has 39 heavy (non-hydrogen) atoms. The molecule has 2 fully saturated rings. The van der Waals surface area contributed by atoms with Crippen molar-refractivity contribution in [2.75, 3.05) is 0 Å². The Morgan fingerprint density at radius 2 is 1.59 bits per heavy atom. The number of Topliss-reactive ketones (excluding diaryl/α,β-unsaturated/α-hetero) is 1. The third-order valence-corrected chi connectivity index (χ3v) is 8.83. The van der Waals surface area contributed by atoms with Crippen molar-refractivity contribution in [3.63, 3.8) is 0 Å². The number of ketones is 1. The molecular weight excluding hydrogens is 489 g/mol. The fourth-order valence-electron chi connectivity index (χ4n) is 6.39. The minimum absolute atomic E-state index is 0.0446. The van der Waals surface area contributed by atoms with Crippen molar-refractivity contribution in [2.45, 2.75) is 89.5 Å². The first-order valence-electron chi connectivity index (χ1n) is 14.4. The van der Waals surface area contributed by atoms with E-state index in [1.807, 2.05) is 24.3 Å². The Bertz CT molecular complexity index is 1180. The first-order valence-corrected chi connectivity index (χ1v) is 14.4. The Balaban J connectivity index is 1.43. The first-order chi connectivity index (χ1) is 18.7. The Morgan fingerprint density at radius 1 is 1.00 bits per heavy atom. The van der Waals surface area contributed by atoms with Gasteiger partial charge in [0, 0.05) is 18.0 Å². The fourth-order valence-corrected chi connectivity index (χ4v) is 6.39. The predicted octanol–water partition coefficient (Wildman–Crippen LogP) is 6.96. The summed E-state index contributed by atoms with van der Waals surface area (Å²) in [5.74, 6) is 0.990. The Kier molecular flexibility index (Phi) is 9.36. The molecule has 0 aliphatic heterocycles. The van der Waals surface area contributed by atoms with Gasteiger partial charge in [-0.2, -0.15) is 0 Å². The van der Waals surface area contributed by atoms with Crippen LogP contribution in [-0.2, 0) is 10.2 Å². The van der Waals surface area contributed by atoms with Crippen molar-refractivity contribution in [3.05, 3.63) is 77.6 Å². The molecule has 0 heterocycles. The molecule has 0 aromatic heterocycles. The van der Waals surface area contributed by atoms with Crippen molar-refractivity contribution >= 4 is 23.2 Å². The molecule has 1 amide bonds. The molecule has 2 aliphatic rings.